The zero-order valence-electron chi connectivity index (χ0n) is 15.2. The number of benzene rings is 1. The van der Waals surface area contributed by atoms with E-state index in [1.807, 2.05) is 6.92 Å². The summed E-state index contributed by atoms with van der Waals surface area (Å²) in [4.78, 5) is 26.7. The second-order valence-electron chi connectivity index (χ2n) is 5.67. The summed E-state index contributed by atoms with van der Waals surface area (Å²) in [7, 11) is 3.46. The van der Waals surface area contributed by atoms with Crippen molar-refractivity contribution in [1.29, 1.82) is 0 Å². The van der Waals surface area contributed by atoms with E-state index < -0.39 is 6.04 Å². The van der Waals surface area contributed by atoms with Gasteiger partial charge in [0.05, 0.1) is 28.5 Å². The second kappa shape index (κ2) is 10.5. The van der Waals surface area contributed by atoms with Crippen LogP contribution in [-0.4, -0.2) is 46.6 Å². The molecule has 1 aromatic heterocycles. The van der Waals surface area contributed by atoms with Gasteiger partial charge in [0.2, 0.25) is 11.8 Å². The predicted molar refractivity (Wildman–Crippen MR) is 110 cm³/mol. The first kappa shape index (κ1) is 23.2. The molecule has 0 aliphatic carbocycles. The maximum absolute atomic E-state index is 12.8. The molecule has 27 heavy (non-hydrogen) atoms. The van der Waals surface area contributed by atoms with Gasteiger partial charge in [-0.05, 0) is 26.1 Å². The largest absolute Gasteiger partial charge is 0.332 e. The number of nitrogens with zero attached hydrogens (tertiary/aromatic N) is 3. The molecule has 0 fully saturated rings. The standard InChI is InChI=1S/C17H21Cl2N5O2.ClH/c1-4-24(17(26)15(20-2)11-8-21-23(3)9-11)10-14(25)22-16-12(18)6-5-7-13(16)19;/h5-9,15,20H,4,10H2,1-3H3,(H,22,25);1H. The van der Waals surface area contributed by atoms with Gasteiger partial charge in [0.15, 0.2) is 0 Å². The molecule has 7 nitrogen and oxygen atoms in total. The van der Waals surface area contributed by atoms with Crippen molar-refractivity contribution in [3.05, 3.63) is 46.2 Å². The van der Waals surface area contributed by atoms with Crippen LogP contribution in [0.3, 0.4) is 0 Å². The summed E-state index contributed by atoms with van der Waals surface area (Å²) < 4.78 is 1.62. The molecule has 0 radical (unpaired) electrons. The Morgan fingerprint density at radius 3 is 2.41 bits per heavy atom. The predicted octanol–water partition coefficient (Wildman–Crippen LogP) is 2.90. The van der Waals surface area contributed by atoms with Crippen molar-refractivity contribution >= 4 is 53.1 Å². The van der Waals surface area contributed by atoms with Crippen LogP contribution in [0, 0.1) is 0 Å². The van der Waals surface area contributed by atoms with Crippen molar-refractivity contribution in [3.8, 4) is 0 Å². The molecule has 2 aromatic rings. The van der Waals surface area contributed by atoms with E-state index in [1.165, 1.54) is 4.90 Å². The quantitative estimate of drug-likeness (QED) is 0.702. The summed E-state index contributed by atoms with van der Waals surface area (Å²) in [6.07, 6.45) is 3.38. The van der Waals surface area contributed by atoms with E-state index in [2.05, 4.69) is 15.7 Å². The highest BCUT2D eigenvalue weighted by Crippen LogP contribution is 2.29. The summed E-state index contributed by atoms with van der Waals surface area (Å²) in [5.74, 6) is -0.598. The van der Waals surface area contributed by atoms with Crippen LogP contribution in [0.2, 0.25) is 10.0 Å². The Morgan fingerprint density at radius 2 is 1.93 bits per heavy atom. The van der Waals surface area contributed by atoms with Crippen LogP contribution < -0.4 is 10.6 Å². The molecule has 0 saturated heterocycles. The van der Waals surface area contributed by atoms with Gasteiger partial charge in [0, 0.05) is 25.4 Å². The van der Waals surface area contributed by atoms with Crippen molar-refractivity contribution in [3.63, 3.8) is 0 Å². The fourth-order valence-corrected chi connectivity index (χ4v) is 3.01. The van der Waals surface area contributed by atoms with E-state index in [0.717, 1.165) is 5.56 Å². The van der Waals surface area contributed by atoms with Gasteiger partial charge in [-0.15, -0.1) is 12.4 Å². The van der Waals surface area contributed by atoms with Crippen LogP contribution in [0.25, 0.3) is 0 Å². The Morgan fingerprint density at radius 1 is 1.30 bits per heavy atom. The van der Waals surface area contributed by atoms with Crippen LogP contribution in [0.15, 0.2) is 30.6 Å². The molecule has 2 amide bonds. The molecule has 148 valence electrons. The van der Waals surface area contributed by atoms with Gasteiger partial charge in [-0.2, -0.15) is 5.10 Å². The Hall–Kier alpha value is -1.80. The summed E-state index contributed by atoms with van der Waals surface area (Å²) in [5, 5.41) is 10.4. The third kappa shape index (κ3) is 5.84. The Bertz CT molecular complexity index is 776. The number of hydrogen-bond acceptors (Lipinski definition) is 4. The molecular weight excluding hydrogens is 413 g/mol. The highest BCUT2D eigenvalue weighted by molar-refractivity contribution is 6.39. The summed E-state index contributed by atoms with van der Waals surface area (Å²) in [6.45, 7) is 2.07. The molecule has 1 heterocycles. The molecule has 0 spiro atoms. The van der Waals surface area contributed by atoms with E-state index in [-0.39, 0.29) is 30.8 Å². The molecule has 1 aromatic carbocycles. The van der Waals surface area contributed by atoms with Crippen molar-refractivity contribution in [2.45, 2.75) is 13.0 Å². The smallest absolute Gasteiger partial charge is 0.244 e. The van der Waals surface area contributed by atoms with Crippen LogP contribution >= 0.6 is 35.6 Å². The SMILES string of the molecule is CCN(CC(=O)Nc1c(Cl)cccc1Cl)C(=O)C(NC)c1cnn(C)c1.Cl. The highest BCUT2D eigenvalue weighted by atomic mass is 35.5. The normalized spacial score (nSPS) is 11.4. The Labute approximate surface area is 174 Å². The molecule has 2 rings (SSSR count). The first-order chi connectivity index (χ1) is 12.4. The fraction of sp³-hybridized carbons (Fsp3) is 0.353. The van der Waals surface area contributed by atoms with Crippen molar-refractivity contribution in [2.24, 2.45) is 7.05 Å². The van der Waals surface area contributed by atoms with Gasteiger partial charge in [0.1, 0.15) is 6.04 Å². The maximum atomic E-state index is 12.8. The van der Waals surface area contributed by atoms with Gasteiger partial charge in [-0.25, -0.2) is 0 Å². The number of halogens is 3. The number of rotatable bonds is 7. The topological polar surface area (TPSA) is 79.3 Å². The highest BCUT2D eigenvalue weighted by Gasteiger charge is 2.26. The minimum atomic E-state index is -0.583. The Kier molecular flexibility index (Phi) is 9.05. The lowest BCUT2D eigenvalue weighted by atomic mass is 10.1. The monoisotopic (exact) mass is 433 g/mol. The number of aromatic nitrogens is 2. The summed E-state index contributed by atoms with van der Waals surface area (Å²) >= 11 is 12.1. The van der Waals surface area contributed by atoms with Gasteiger partial charge in [-0.3, -0.25) is 14.3 Å². The van der Waals surface area contributed by atoms with Gasteiger partial charge in [-0.1, -0.05) is 29.3 Å². The number of para-hydroxylation sites is 1. The Balaban J connectivity index is 0.00000364. The van der Waals surface area contributed by atoms with E-state index in [9.17, 15) is 9.59 Å². The first-order valence-corrected chi connectivity index (χ1v) is 8.81. The molecule has 0 bridgehead atoms. The lowest BCUT2D eigenvalue weighted by molar-refractivity contribution is -0.136. The molecule has 1 atom stereocenters. The molecule has 2 N–H and O–H groups in total. The van der Waals surface area contributed by atoms with Crippen LogP contribution in [0.1, 0.15) is 18.5 Å². The average molecular weight is 435 g/mol. The second-order valence-corrected chi connectivity index (χ2v) is 6.48. The first-order valence-electron chi connectivity index (χ1n) is 8.05. The van der Waals surface area contributed by atoms with E-state index in [4.69, 9.17) is 23.2 Å². The summed E-state index contributed by atoms with van der Waals surface area (Å²) in [6, 6.07) is 4.37. The maximum Gasteiger partial charge on any atom is 0.244 e. The third-order valence-electron chi connectivity index (χ3n) is 3.85. The van der Waals surface area contributed by atoms with Gasteiger partial charge < -0.3 is 15.5 Å². The molecule has 10 heteroatoms. The van der Waals surface area contributed by atoms with E-state index >= 15 is 0 Å². The van der Waals surface area contributed by atoms with Crippen molar-refractivity contribution in [2.75, 3.05) is 25.5 Å². The molecular formula is C17H22Cl3N5O2. The number of carbonyl (C=O) groups is 2. The zero-order valence-corrected chi connectivity index (χ0v) is 17.5. The van der Waals surface area contributed by atoms with Crippen LogP contribution in [0.5, 0.6) is 0 Å². The van der Waals surface area contributed by atoms with Gasteiger partial charge >= 0.3 is 0 Å². The van der Waals surface area contributed by atoms with Crippen LogP contribution in [-0.2, 0) is 16.6 Å². The minimum absolute atomic E-state index is 0. The van der Waals surface area contributed by atoms with Gasteiger partial charge in [0.25, 0.3) is 0 Å². The lowest BCUT2D eigenvalue weighted by Crippen LogP contribution is -2.43. The number of amides is 2. The van der Waals surface area contributed by atoms with E-state index in [1.54, 1.807) is 49.4 Å². The third-order valence-corrected chi connectivity index (χ3v) is 4.48. The zero-order chi connectivity index (χ0) is 19.3. The number of carbonyl (C=O) groups excluding carboxylic acids is 2. The van der Waals surface area contributed by atoms with Crippen LogP contribution in [0.4, 0.5) is 5.69 Å². The molecule has 0 aliphatic heterocycles. The number of aryl methyl sites for hydroxylation is 1. The summed E-state index contributed by atoms with van der Waals surface area (Å²) in [5.41, 5.74) is 1.06. The fourth-order valence-electron chi connectivity index (χ4n) is 2.52. The minimum Gasteiger partial charge on any atom is -0.332 e. The molecule has 0 aliphatic rings. The molecule has 0 saturated carbocycles. The molecule has 1 unspecified atom stereocenters. The van der Waals surface area contributed by atoms with Crippen molar-refractivity contribution in [1.82, 2.24) is 20.0 Å². The van der Waals surface area contributed by atoms with Crippen molar-refractivity contribution < 1.29 is 9.59 Å². The number of hydrogen-bond donors (Lipinski definition) is 2. The van der Waals surface area contributed by atoms with E-state index in [0.29, 0.717) is 22.3 Å². The number of likely N-dealkylation sites (N-methyl/N-ethyl adjacent to an activating group) is 2. The number of nitrogens with one attached hydrogen (secondary N) is 2. The number of anilines is 1. The average Bonchev–Trinajstić information content (AvgIpc) is 3.02. The lowest BCUT2D eigenvalue weighted by Gasteiger charge is -2.25.